The van der Waals surface area contributed by atoms with E-state index >= 15 is 0 Å². The molecule has 1 heterocycles. The lowest BCUT2D eigenvalue weighted by molar-refractivity contribution is 0.101. The Morgan fingerprint density at radius 3 is 2.47 bits per heavy atom. The van der Waals surface area contributed by atoms with E-state index in [-0.39, 0.29) is 0 Å². The molecule has 1 aliphatic heterocycles. The third-order valence-electron chi connectivity index (χ3n) is 7.48. The first-order valence-electron chi connectivity index (χ1n) is 8.24. The molecule has 1 nitrogen and oxygen atoms in total. The molecule has 19 heavy (non-hydrogen) atoms. The van der Waals surface area contributed by atoms with Crippen molar-refractivity contribution < 1.29 is 0 Å². The van der Waals surface area contributed by atoms with Crippen molar-refractivity contribution in [3.8, 4) is 0 Å². The highest BCUT2D eigenvalue weighted by molar-refractivity contribution is 5.16. The lowest BCUT2D eigenvalue weighted by Gasteiger charge is -2.40. The van der Waals surface area contributed by atoms with E-state index in [0.717, 1.165) is 11.8 Å². The number of likely N-dealkylation sites (tertiary alicyclic amines) is 1. The van der Waals surface area contributed by atoms with E-state index in [1.807, 2.05) is 0 Å². The largest absolute Gasteiger partial charge is 0.300 e. The van der Waals surface area contributed by atoms with Crippen LogP contribution in [0.5, 0.6) is 0 Å². The second kappa shape index (κ2) is 4.35. The maximum Gasteiger partial charge on any atom is 0.0302 e. The summed E-state index contributed by atoms with van der Waals surface area (Å²) in [6.45, 7) is 13.3. The van der Waals surface area contributed by atoms with Crippen molar-refractivity contribution in [1.29, 1.82) is 0 Å². The van der Waals surface area contributed by atoms with Crippen molar-refractivity contribution in [3.05, 3.63) is 12.2 Å². The molecule has 1 heteroatoms. The average Bonchev–Trinajstić information content (AvgIpc) is 2.90. The van der Waals surface area contributed by atoms with Crippen molar-refractivity contribution in [1.82, 2.24) is 4.90 Å². The van der Waals surface area contributed by atoms with Gasteiger partial charge in [-0.05, 0) is 74.8 Å². The highest BCUT2D eigenvalue weighted by atomic mass is 15.1. The Morgan fingerprint density at radius 2 is 2.00 bits per heavy atom. The second-order valence-corrected chi connectivity index (χ2v) is 8.31. The lowest BCUT2D eigenvalue weighted by atomic mass is 9.65. The summed E-state index contributed by atoms with van der Waals surface area (Å²) in [4.78, 5) is 2.52. The van der Waals surface area contributed by atoms with Gasteiger partial charge in [0.05, 0.1) is 0 Å². The van der Waals surface area contributed by atoms with Gasteiger partial charge in [0.1, 0.15) is 0 Å². The third-order valence-corrected chi connectivity index (χ3v) is 7.48. The zero-order chi connectivity index (χ0) is 13.8. The van der Waals surface area contributed by atoms with E-state index in [2.05, 4.69) is 39.3 Å². The van der Waals surface area contributed by atoms with Gasteiger partial charge in [-0.25, -0.2) is 0 Å². The summed E-state index contributed by atoms with van der Waals surface area (Å²) >= 11 is 0. The number of fused-ring (bicyclic) bond motifs is 2. The molecule has 108 valence electrons. The Hall–Kier alpha value is -0.300. The maximum atomic E-state index is 4.47. The van der Waals surface area contributed by atoms with Crippen molar-refractivity contribution in [2.24, 2.45) is 22.7 Å². The first-order chi connectivity index (χ1) is 8.86. The molecule has 0 aromatic rings. The molecule has 2 saturated carbocycles. The zero-order valence-corrected chi connectivity index (χ0v) is 13.3. The van der Waals surface area contributed by atoms with Gasteiger partial charge in [0.2, 0.25) is 0 Å². The molecule has 0 amide bonds. The molecule has 0 radical (unpaired) electrons. The SMILES string of the molecule is C=C(CC1CC2CCC1(C)C2(C)C)[C@@H]1CCCN1C. The van der Waals surface area contributed by atoms with Crippen LogP contribution in [-0.4, -0.2) is 24.5 Å². The zero-order valence-electron chi connectivity index (χ0n) is 13.3. The normalized spacial score (nSPS) is 44.9. The quantitative estimate of drug-likeness (QED) is 0.677. The van der Waals surface area contributed by atoms with E-state index in [1.54, 1.807) is 0 Å². The number of likely N-dealkylation sites (N-methyl/N-ethyl adjacent to an activating group) is 1. The van der Waals surface area contributed by atoms with Gasteiger partial charge in [0.25, 0.3) is 0 Å². The van der Waals surface area contributed by atoms with E-state index in [0.29, 0.717) is 16.9 Å². The van der Waals surface area contributed by atoms with Crippen LogP contribution in [0.15, 0.2) is 12.2 Å². The average molecular weight is 261 g/mol. The van der Waals surface area contributed by atoms with Gasteiger partial charge in [0.15, 0.2) is 0 Å². The maximum absolute atomic E-state index is 4.47. The number of rotatable bonds is 3. The lowest BCUT2D eigenvalue weighted by Crippen LogP contribution is -2.34. The first-order valence-corrected chi connectivity index (χ1v) is 8.24. The topological polar surface area (TPSA) is 3.24 Å². The van der Waals surface area contributed by atoms with Gasteiger partial charge in [-0.15, -0.1) is 0 Å². The molecular formula is C18H31N. The fourth-order valence-corrected chi connectivity index (χ4v) is 5.56. The van der Waals surface area contributed by atoms with Gasteiger partial charge < -0.3 is 0 Å². The summed E-state index contributed by atoms with van der Waals surface area (Å²) in [6.07, 6.45) is 8.35. The Bertz CT molecular complexity index is 383. The standard InChI is InChI=1S/C18H31N/c1-13(16-7-6-10-19(16)5)11-15-12-14-8-9-18(15,4)17(14,2)3/h14-16H,1,6-12H2,2-5H3/t14?,15?,16-,18?/m0/s1. The van der Waals surface area contributed by atoms with Crippen molar-refractivity contribution in [3.63, 3.8) is 0 Å². The van der Waals surface area contributed by atoms with E-state index < -0.39 is 0 Å². The van der Waals surface area contributed by atoms with Gasteiger partial charge in [-0.1, -0.05) is 32.9 Å². The summed E-state index contributed by atoms with van der Waals surface area (Å²) in [5, 5.41) is 0. The van der Waals surface area contributed by atoms with Crippen LogP contribution in [0.25, 0.3) is 0 Å². The monoisotopic (exact) mass is 261 g/mol. The Labute approximate surface area is 119 Å². The number of nitrogens with zero attached hydrogens (tertiary/aromatic N) is 1. The molecule has 3 unspecified atom stereocenters. The summed E-state index contributed by atoms with van der Waals surface area (Å²) in [5.41, 5.74) is 2.65. The van der Waals surface area contributed by atoms with Crippen LogP contribution in [0.2, 0.25) is 0 Å². The molecule has 0 aromatic heterocycles. The van der Waals surface area contributed by atoms with E-state index in [1.165, 1.54) is 50.6 Å². The molecule has 0 N–H and O–H groups in total. The Balaban J connectivity index is 1.70. The molecule has 3 fully saturated rings. The van der Waals surface area contributed by atoms with Crippen LogP contribution >= 0.6 is 0 Å². The highest BCUT2D eigenvalue weighted by Crippen LogP contribution is 2.69. The van der Waals surface area contributed by atoms with Gasteiger partial charge in [0, 0.05) is 6.04 Å². The second-order valence-electron chi connectivity index (χ2n) is 8.31. The minimum atomic E-state index is 0.555. The van der Waals surface area contributed by atoms with Crippen molar-refractivity contribution >= 4 is 0 Å². The van der Waals surface area contributed by atoms with Crippen LogP contribution in [0.3, 0.4) is 0 Å². The molecule has 0 aromatic carbocycles. The number of hydrogen-bond acceptors (Lipinski definition) is 1. The fraction of sp³-hybridized carbons (Fsp3) is 0.889. The summed E-state index contributed by atoms with van der Waals surface area (Å²) in [5.74, 6) is 1.86. The molecule has 3 aliphatic rings. The van der Waals surface area contributed by atoms with Crippen LogP contribution < -0.4 is 0 Å². The molecule has 3 rings (SSSR count). The Morgan fingerprint density at radius 1 is 1.26 bits per heavy atom. The van der Waals surface area contributed by atoms with Crippen LogP contribution in [0.1, 0.15) is 59.3 Å². The number of hydrogen-bond donors (Lipinski definition) is 0. The van der Waals surface area contributed by atoms with Crippen LogP contribution in [0.4, 0.5) is 0 Å². The molecule has 0 spiro atoms. The first kappa shape index (κ1) is 13.7. The summed E-state index contributed by atoms with van der Waals surface area (Å²) in [6, 6.07) is 0.672. The molecule has 2 aliphatic carbocycles. The Kier molecular flexibility index (Phi) is 3.13. The molecular weight excluding hydrogens is 230 g/mol. The van der Waals surface area contributed by atoms with Gasteiger partial charge in [-0.2, -0.15) is 0 Å². The summed E-state index contributed by atoms with van der Waals surface area (Å²) < 4.78 is 0. The fourth-order valence-electron chi connectivity index (χ4n) is 5.56. The van der Waals surface area contributed by atoms with Crippen LogP contribution in [-0.2, 0) is 0 Å². The van der Waals surface area contributed by atoms with Gasteiger partial charge >= 0.3 is 0 Å². The van der Waals surface area contributed by atoms with Gasteiger partial charge in [-0.3, -0.25) is 4.90 Å². The smallest absolute Gasteiger partial charge is 0.0302 e. The third kappa shape index (κ3) is 1.84. The minimum Gasteiger partial charge on any atom is -0.300 e. The molecule has 1 saturated heterocycles. The van der Waals surface area contributed by atoms with Crippen molar-refractivity contribution in [2.45, 2.75) is 65.3 Å². The van der Waals surface area contributed by atoms with E-state index in [4.69, 9.17) is 0 Å². The minimum absolute atomic E-state index is 0.555. The van der Waals surface area contributed by atoms with E-state index in [9.17, 15) is 0 Å². The predicted molar refractivity (Wildman–Crippen MR) is 82.1 cm³/mol. The van der Waals surface area contributed by atoms with Crippen molar-refractivity contribution in [2.75, 3.05) is 13.6 Å². The molecule has 2 bridgehead atoms. The highest BCUT2D eigenvalue weighted by Gasteiger charge is 2.60. The van der Waals surface area contributed by atoms with Crippen LogP contribution in [0, 0.1) is 22.7 Å². The predicted octanol–water partition coefficient (Wildman–Crippen LogP) is 4.49. The summed E-state index contributed by atoms with van der Waals surface area (Å²) in [7, 11) is 2.27. The molecule has 4 atom stereocenters.